The highest BCUT2D eigenvalue weighted by Crippen LogP contribution is 2.37. The smallest absolute Gasteiger partial charge is 0.367 e. The summed E-state index contributed by atoms with van der Waals surface area (Å²) in [5, 5.41) is 16.9. The first-order chi connectivity index (χ1) is 20.4. The van der Waals surface area contributed by atoms with Gasteiger partial charge in [-0.2, -0.15) is 23.4 Å². The van der Waals surface area contributed by atoms with Gasteiger partial charge in [0, 0.05) is 36.6 Å². The Bertz CT molecular complexity index is 1370. The molecule has 1 saturated heterocycles. The van der Waals surface area contributed by atoms with E-state index in [0.29, 0.717) is 36.7 Å². The van der Waals surface area contributed by atoms with Crippen molar-refractivity contribution in [3.05, 3.63) is 41.6 Å². The Kier molecular flexibility index (Phi) is 9.70. The number of rotatable bonds is 9. The van der Waals surface area contributed by atoms with E-state index < -0.39 is 47.4 Å². The summed E-state index contributed by atoms with van der Waals surface area (Å²) < 4.78 is 41.5. The number of benzene rings is 1. The zero-order chi connectivity index (χ0) is 31.3. The molecule has 1 saturated carbocycles. The summed E-state index contributed by atoms with van der Waals surface area (Å²) in [5.41, 5.74) is 4.92. The molecule has 1 aromatic heterocycles. The number of alkyl halides is 3. The number of aromatic nitrogens is 2. The van der Waals surface area contributed by atoms with Gasteiger partial charge >= 0.3 is 6.18 Å². The maximum atomic E-state index is 13.8. The molecule has 230 valence electrons. The standard InChI is InChI=1S/C28H34F3N9O3/c1-39-12-10-18(11-13-39)40(2)26(43)16-6-8-17(9-7-16)35-27-34-15-20(28(29,30)31)24(38-27)36-21-5-3-4-19(21)25(42)37-22(14-32)23(33)41/h6-9,15,18-19,21-22H,3-5,10-13H2,1-2H3,(H2,33,41)(H,37,42)(H2,34,35,36,38)/t19-,21+,22?/m0/s1. The summed E-state index contributed by atoms with van der Waals surface area (Å²) in [5.74, 6) is -3.29. The molecule has 0 bridgehead atoms. The molecule has 15 heteroatoms. The first kappa shape index (κ1) is 31.5. The summed E-state index contributed by atoms with van der Waals surface area (Å²) in [6, 6.07) is 5.92. The zero-order valence-corrected chi connectivity index (χ0v) is 23.8. The minimum absolute atomic E-state index is 0.120. The van der Waals surface area contributed by atoms with Crippen LogP contribution in [0.25, 0.3) is 0 Å². The largest absolute Gasteiger partial charge is 0.421 e. The highest BCUT2D eigenvalue weighted by atomic mass is 19.4. The third kappa shape index (κ3) is 7.69. The summed E-state index contributed by atoms with van der Waals surface area (Å²) in [6.45, 7) is 1.83. The number of primary amides is 1. The number of nitrogens with two attached hydrogens (primary N) is 1. The fraction of sp³-hybridized carbons (Fsp3) is 0.500. The number of hydrogen-bond acceptors (Lipinski definition) is 9. The second kappa shape index (κ2) is 13.2. The molecule has 0 radical (unpaired) electrons. The van der Waals surface area contributed by atoms with Gasteiger partial charge in [-0.3, -0.25) is 14.4 Å². The van der Waals surface area contributed by atoms with Gasteiger partial charge in [-0.05, 0) is 70.1 Å². The van der Waals surface area contributed by atoms with Crippen LogP contribution in [0.4, 0.5) is 30.6 Å². The predicted octanol–water partition coefficient (Wildman–Crippen LogP) is 2.48. The molecule has 4 rings (SSSR count). The zero-order valence-electron chi connectivity index (χ0n) is 23.8. The quantitative estimate of drug-likeness (QED) is 0.337. The summed E-state index contributed by atoms with van der Waals surface area (Å²) in [4.78, 5) is 48.9. The Morgan fingerprint density at radius 3 is 2.42 bits per heavy atom. The van der Waals surface area contributed by atoms with E-state index in [0.717, 1.165) is 25.9 Å². The lowest BCUT2D eigenvalue weighted by Crippen LogP contribution is -2.48. The van der Waals surface area contributed by atoms with E-state index >= 15 is 0 Å². The average molecular weight is 602 g/mol. The lowest BCUT2D eigenvalue weighted by molar-refractivity contribution is -0.137. The Morgan fingerprint density at radius 2 is 1.81 bits per heavy atom. The number of nitrogens with one attached hydrogen (secondary N) is 3. The Morgan fingerprint density at radius 1 is 1.14 bits per heavy atom. The molecule has 3 amide bonds. The molecule has 1 aliphatic heterocycles. The van der Waals surface area contributed by atoms with E-state index in [2.05, 4.69) is 30.8 Å². The van der Waals surface area contributed by atoms with Crippen LogP contribution >= 0.6 is 0 Å². The van der Waals surface area contributed by atoms with Gasteiger partial charge in [-0.25, -0.2) is 4.98 Å². The van der Waals surface area contributed by atoms with E-state index in [9.17, 15) is 27.6 Å². The maximum Gasteiger partial charge on any atom is 0.421 e. The summed E-state index contributed by atoms with van der Waals surface area (Å²) in [6.07, 6.45) is -1.14. The normalized spacial score (nSPS) is 20.1. The highest BCUT2D eigenvalue weighted by Gasteiger charge is 2.39. The van der Waals surface area contributed by atoms with E-state index in [4.69, 9.17) is 11.0 Å². The lowest BCUT2D eigenvalue weighted by atomic mass is 10.0. The van der Waals surface area contributed by atoms with Gasteiger partial charge in [0.2, 0.25) is 11.9 Å². The molecule has 0 spiro atoms. The topological polar surface area (TPSA) is 169 Å². The molecule has 3 atom stereocenters. The number of nitriles is 1. The Balaban J connectivity index is 1.47. The number of hydrogen-bond donors (Lipinski definition) is 4. The van der Waals surface area contributed by atoms with Crippen LogP contribution in [0, 0.1) is 17.2 Å². The van der Waals surface area contributed by atoms with Crippen LogP contribution in [0.5, 0.6) is 0 Å². The molecule has 2 aliphatic rings. The molecule has 12 nitrogen and oxygen atoms in total. The molecule has 5 N–H and O–H groups in total. The van der Waals surface area contributed by atoms with Crippen molar-refractivity contribution in [1.82, 2.24) is 25.1 Å². The minimum atomic E-state index is -4.78. The molecular weight excluding hydrogens is 567 g/mol. The number of nitrogens with zero attached hydrogens (tertiary/aromatic N) is 5. The maximum absolute atomic E-state index is 13.8. The molecule has 2 heterocycles. The van der Waals surface area contributed by atoms with E-state index in [1.54, 1.807) is 42.3 Å². The van der Waals surface area contributed by atoms with E-state index in [-0.39, 0.29) is 17.9 Å². The van der Waals surface area contributed by atoms with E-state index in [1.165, 1.54) is 0 Å². The molecule has 2 fully saturated rings. The van der Waals surface area contributed by atoms with Crippen LogP contribution < -0.4 is 21.7 Å². The van der Waals surface area contributed by atoms with Crippen LogP contribution in [0.3, 0.4) is 0 Å². The SMILES string of the molecule is CN1CCC(N(C)C(=O)c2ccc(Nc3ncc(C(F)(F)F)c(N[C@@H]4CCC[C@@H]4C(=O)NC(C#N)C(N)=O)n3)cc2)CC1. The molecule has 43 heavy (non-hydrogen) atoms. The number of carbonyl (C=O) groups is 3. The summed E-state index contributed by atoms with van der Waals surface area (Å²) >= 11 is 0. The molecule has 1 aromatic carbocycles. The third-order valence-electron chi connectivity index (χ3n) is 7.91. The monoisotopic (exact) mass is 601 g/mol. The third-order valence-corrected chi connectivity index (χ3v) is 7.91. The van der Waals surface area contributed by atoms with Crippen molar-refractivity contribution in [1.29, 1.82) is 5.26 Å². The van der Waals surface area contributed by atoms with Crippen LogP contribution in [0.15, 0.2) is 30.5 Å². The first-order valence-electron chi connectivity index (χ1n) is 13.9. The Labute approximate surface area is 246 Å². The van der Waals surface area contributed by atoms with Crippen LogP contribution in [0.2, 0.25) is 0 Å². The van der Waals surface area contributed by atoms with Crippen LogP contribution in [-0.2, 0) is 15.8 Å². The number of halogens is 3. The number of amides is 3. The van der Waals surface area contributed by atoms with E-state index in [1.807, 2.05) is 7.05 Å². The fourth-order valence-corrected chi connectivity index (χ4v) is 5.38. The van der Waals surface area contributed by atoms with Crippen molar-refractivity contribution in [2.75, 3.05) is 37.8 Å². The van der Waals surface area contributed by atoms with Crippen LogP contribution in [0.1, 0.15) is 48.0 Å². The first-order valence-corrected chi connectivity index (χ1v) is 13.9. The molecule has 1 unspecified atom stereocenters. The van der Waals surface area contributed by atoms with Crippen molar-refractivity contribution in [2.24, 2.45) is 11.7 Å². The average Bonchev–Trinajstić information content (AvgIpc) is 3.43. The van der Waals surface area contributed by atoms with Crippen molar-refractivity contribution >= 4 is 35.2 Å². The van der Waals surface area contributed by atoms with Crippen molar-refractivity contribution in [3.63, 3.8) is 0 Å². The van der Waals surface area contributed by atoms with Crippen molar-refractivity contribution < 1.29 is 27.6 Å². The number of carbonyl (C=O) groups excluding carboxylic acids is 3. The van der Waals surface area contributed by atoms with Gasteiger partial charge in [-0.1, -0.05) is 6.42 Å². The van der Waals surface area contributed by atoms with Gasteiger partial charge in [0.15, 0.2) is 6.04 Å². The fourth-order valence-electron chi connectivity index (χ4n) is 5.38. The second-order valence-corrected chi connectivity index (χ2v) is 10.9. The molecular formula is C28H34F3N9O3. The van der Waals surface area contributed by atoms with Crippen molar-refractivity contribution in [2.45, 2.75) is 56.4 Å². The van der Waals surface area contributed by atoms with Gasteiger partial charge in [0.1, 0.15) is 11.4 Å². The van der Waals surface area contributed by atoms with Crippen molar-refractivity contribution in [3.8, 4) is 6.07 Å². The van der Waals surface area contributed by atoms with Gasteiger partial charge in [-0.15, -0.1) is 0 Å². The Hall–Kier alpha value is -4.45. The highest BCUT2D eigenvalue weighted by molar-refractivity contribution is 5.94. The summed E-state index contributed by atoms with van der Waals surface area (Å²) in [7, 11) is 3.83. The predicted molar refractivity (Wildman–Crippen MR) is 151 cm³/mol. The molecule has 2 aromatic rings. The van der Waals surface area contributed by atoms with Crippen LogP contribution in [-0.4, -0.2) is 82.8 Å². The minimum Gasteiger partial charge on any atom is -0.367 e. The number of piperidine rings is 1. The number of likely N-dealkylation sites (tertiary alicyclic amines) is 1. The van der Waals surface area contributed by atoms with Gasteiger partial charge in [0.05, 0.1) is 12.0 Å². The molecule has 1 aliphatic carbocycles. The van der Waals surface area contributed by atoms with Gasteiger partial charge < -0.3 is 31.5 Å². The lowest BCUT2D eigenvalue weighted by Gasteiger charge is -2.35. The van der Waals surface area contributed by atoms with Gasteiger partial charge in [0.25, 0.3) is 11.8 Å². The second-order valence-electron chi connectivity index (χ2n) is 10.9. The number of anilines is 3.